The monoisotopic (exact) mass is 341 g/mol. The van der Waals surface area contributed by atoms with Crippen LogP contribution in [-0.2, 0) is 13.0 Å². The number of carbonyl (C=O) groups is 1. The molecule has 1 aliphatic rings. The quantitative estimate of drug-likeness (QED) is 0.733. The van der Waals surface area contributed by atoms with Crippen LogP contribution in [0.2, 0.25) is 0 Å². The van der Waals surface area contributed by atoms with E-state index in [2.05, 4.69) is 29.4 Å². The maximum absolute atomic E-state index is 12.8. The normalized spacial score (nSPS) is 16.2. The predicted molar refractivity (Wildman–Crippen MR) is 94.4 cm³/mol. The third-order valence-electron chi connectivity index (χ3n) is 4.32. The predicted octanol–water partition coefficient (Wildman–Crippen LogP) is 4.50. The molecule has 0 aromatic carbocycles. The van der Waals surface area contributed by atoms with Gasteiger partial charge in [0.05, 0.1) is 23.2 Å². The zero-order valence-electron chi connectivity index (χ0n) is 13.7. The van der Waals surface area contributed by atoms with Gasteiger partial charge in [-0.25, -0.2) is 0 Å². The average Bonchev–Trinajstić information content (AvgIpc) is 3.24. The van der Waals surface area contributed by atoms with Gasteiger partial charge in [0.1, 0.15) is 16.5 Å². The van der Waals surface area contributed by atoms with Gasteiger partial charge < -0.3 is 9.73 Å². The highest BCUT2D eigenvalue weighted by molar-refractivity contribution is 7.20. The molecule has 0 saturated carbocycles. The number of ketones is 1. The summed E-state index contributed by atoms with van der Waals surface area (Å²) < 4.78 is 5.38. The first kappa shape index (κ1) is 15.2. The van der Waals surface area contributed by atoms with E-state index in [4.69, 9.17) is 4.42 Å². The Bertz CT molecular complexity index is 861. The second-order valence-corrected chi connectivity index (χ2v) is 7.97. The van der Waals surface area contributed by atoms with Crippen LogP contribution in [0.25, 0.3) is 10.6 Å². The molecule has 0 aliphatic heterocycles. The lowest BCUT2D eigenvalue weighted by Gasteiger charge is -2.29. The van der Waals surface area contributed by atoms with Crippen molar-refractivity contribution in [1.82, 2.24) is 10.2 Å². The molecule has 2 N–H and O–H groups in total. The molecule has 0 atom stereocenters. The SMILES string of the molecule is CC1(C)CC(=O)c2c(NCc3ccco3)sc(-c3cc[nH]n3)c2C1. The Morgan fingerprint density at radius 1 is 1.38 bits per heavy atom. The van der Waals surface area contributed by atoms with Crippen molar-refractivity contribution in [2.45, 2.75) is 33.2 Å². The lowest BCUT2D eigenvalue weighted by Crippen LogP contribution is -2.26. The average molecular weight is 341 g/mol. The first-order chi connectivity index (χ1) is 11.5. The van der Waals surface area contributed by atoms with E-state index in [1.54, 1.807) is 17.6 Å². The van der Waals surface area contributed by atoms with Crippen LogP contribution in [0.3, 0.4) is 0 Å². The van der Waals surface area contributed by atoms with Crippen LogP contribution < -0.4 is 5.32 Å². The van der Waals surface area contributed by atoms with E-state index in [9.17, 15) is 4.79 Å². The third-order valence-corrected chi connectivity index (χ3v) is 5.53. The topological polar surface area (TPSA) is 70.9 Å². The van der Waals surface area contributed by atoms with Crippen LogP contribution >= 0.6 is 11.3 Å². The van der Waals surface area contributed by atoms with Gasteiger partial charge in [-0.05, 0) is 35.6 Å². The van der Waals surface area contributed by atoms with Crippen molar-refractivity contribution >= 4 is 22.1 Å². The Kier molecular flexibility index (Phi) is 3.57. The van der Waals surface area contributed by atoms with Crippen molar-refractivity contribution in [2.75, 3.05) is 5.32 Å². The number of Topliss-reactive ketones (excluding diaryl/α,β-unsaturated/α-hetero) is 1. The van der Waals surface area contributed by atoms with E-state index >= 15 is 0 Å². The van der Waals surface area contributed by atoms with Crippen molar-refractivity contribution in [3.05, 3.63) is 47.5 Å². The number of rotatable bonds is 4. The van der Waals surface area contributed by atoms with E-state index in [0.717, 1.165) is 38.9 Å². The van der Waals surface area contributed by atoms with Crippen LogP contribution in [-0.4, -0.2) is 16.0 Å². The Morgan fingerprint density at radius 2 is 2.25 bits per heavy atom. The summed E-state index contributed by atoms with van der Waals surface area (Å²) in [5, 5.41) is 11.5. The summed E-state index contributed by atoms with van der Waals surface area (Å²) in [5.74, 6) is 1.06. The Morgan fingerprint density at radius 3 is 2.96 bits per heavy atom. The molecular formula is C18H19N3O2S. The van der Waals surface area contributed by atoms with Crippen molar-refractivity contribution in [1.29, 1.82) is 0 Å². The van der Waals surface area contributed by atoms with Crippen LogP contribution in [0.1, 0.15) is 41.9 Å². The van der Waals surface area contributed by atoms with Gasteiger partial charge in [0, 0.05) is 12.6 Å². The summed E-state index contributed by atoms with van der Waals surface area (Å²) in [6.45, 7) is 4.86. The number of fused-ring (bicyclic) bond motifs is 1. The number of anilines is 1. The highest BCUT2D eigenvalue weighted by atomic mass is 32.1. The molecule has 24 heavy (non-hydrogen) atoms. The van der Waals surface area contributed by atoms with E-state index in [-0.39, 0.29) is 11.2 Å². The molecule has 0 fully saturated rings. The van der Waals surface area contributed by atoms with Crippen molar-refractivity contribution in [2.24, 2.45) is 5.41 Å². The summed E-state index contributed by atoms with van der Waals surface area (Å²) in [7, 11) is 0. The van der Waals surface area contributed by atoms with Gasteiger partial charge in [-0.15, -0.1) is 11.3 Å². The lowest BCUT2D eigenvalue weighted by atomic mass is 9.74. The fourth-order valence-electron chi connectivity index (χ4n) is 3.29. The van der Waals surface area contributed by atoms with Gasteiger partial charge in [0.25, 0.3) is 0 Å². The number of hydrogen-bond acceptors (Lipinski definition) is 5. The molecule has 4 rings (SSSR count). The smallest absolute Gasteiger partial charge is 0.166 e. The minimum Gasteiger partial charge on any atom is -0.467 e. The number of carbonyl (C=O) groups excluding carboxylic acids is 1. The van der Waals surface area contributed by atoms with Crippen molar-refractivity contribution < 1.29 is 9.21 Å². The number of furan rings is 1. The number of aromatic amines is 1. The Hall–Kier alpha value is -2.34. The van der Waals surface area contributed by atoms with E-state index in [0.29, 0.717) is 13.0 Å². The molecule has 3 heterocycles. The molecule has 0 amide bonds. The lowest BCUT2D eigenvalue weighted by molar-refractivity contribution is 0.0914. The van der Waals surface area contributed by atoms with Crippen molar-refractivity contribution in [3.8, 4) is 10.6 Å². The molecule has 3 aromatic heterocycles. The van der Waals surface area contributed by atoms with E-state index in [1.807, 2.05) is 24.4 Å². The number of H-pyrrole nitrogens is 1. The fraction of sp³-hybridized carbons (Fsp3) is 0.333. The number of hydrogen-bond donors (Lipinski definition) is 2. The minimum absolute atomic E-state index is 0.0194. The molecule has 0 bridgehead atoms. The summed E-state index contributed by atoms with van der Waals surface area (Å²) in [5.41, 5.74) is 2.83. The first-order valence-electron chi connectivity index (χ1n) is 7.99. The maximum atomic E-state index is 12.8. The van der Waals surface area contributed by atoms with E-state index in [1.165, 1.54) is 0 Å². The summed E-state index contributed by atoms with van der Waals surface area (Å²) in [6, 6.07) is 5.74. The molecular weight excluding hydrogens is 322 g/mol. The van der Waals surface area contributed by atoms with Gasteiger partial charge in [-0.3, -0.25) is 9.89 Å². The molecule has 0 unspecified atom stereocenters. The molecule has 1 aliphatic carbocycles. The largest absolute Gasteiger partial charge is 0.467 e. The van der Waals surface area contributed by atoms with Gasteiger partial charge in [0.2, 0.25) is 0 Å². The Balaban J connectivity index is 1.76. The van der Waals surface area contributed by atoms with Crippen LogP contribution in [0, 0.1) is 5.41 Å². The first-order valence-corrected chi connectivity index (χ1v) is 8.80. The van der Waals surface area contributed by atoms with Crippen LogP contribution in [0.5, 0.6) is 0 Å². The molecule has 3 aromatic rings. The summed E-state index contributed by atoms with van der Waals surface area (Å²) in [6.07, 6.45) is 4.93. The number of nitrogens with one attached hydrogen (secondary N) is 2. The summed E-state index contributed by atoms with van der Waals surface area (Å²) >= 11 is 1.60. The van der Waals surface area contributed by atoms with Gasteiger partial charge in [0.15, 0.2) is 5.78 Å². The molecule has 0 saturated heterocycles. The minimum atomic E-state index is -0.0194. The van der Waals surface area contributed by atoms with E-state index < -0.39 is 0 Å². The molecule has 6 heteroatoms. The molecule has 124 valence electrons. The maximum Gasteiger partial charge on any atom is 0.166 e. The molecule has 0 spiro atoms. The highest BCUT2D eigenvalue weighted by Crippen LogP contribution is 2.47. The van der Waals surface area contributed by atoms with Gasteiger partial charge >= 0.3 is 0 Å². The Labute approximate surface area is 144 Å². The third kappa shape index (κ3) is 2.67. The number of thiophene rings is 1. The zero-order chi connectivity index (χ0) is 16.7. The standard InChI is InChI=1S/C18H19N3O2S/c1-18(2)8-12-15(14(22)9-18)17(19-10-11-4-3-7-23-11)24-16(12)13-5-6-20-21-13/h3-7,19H,8-10H2,1-2H3,(H,20,21). The second kappa shape index (κ2) is 5.63. The van der Waals surface area contributed by atoms with Crippen molar-refractivity contribution in [3.63, 3.8) is 0 Å². The summed E-state index contributed by atoms with van der Waals surface area (Å²) in [4.78, 5) is 13.9. The van der Waals surface area contributed by atoms with Crippen LogP contribution in [0.15, 0.2) is 35.1 Å². The van der Waals surface area contributed by atoms with Crippen LogP contribution in [0.4, 0.5) is 5.00 Å². The molecule has 5 nitrogen and oxygen atoms in total. The zero-order valence-corrected chi connectivity index (χ0v) is 14.5. The van der Waals surface area contributed by atoms with Gasteiger partial charge in [-0.2, -0.15) is 5.10 Å². The second-order valence-electron chi connectivity index (χ2n) is 6.95. The fourth-order valence-corrected chi connectivity index (χ4v) is 4.49. The molecule has 0 radical (unpaired) electrons. The number of aromatic nitrogens is 2. The van der Waals surface area contributed by atoms with Gasteiger partial charge in [-0.1, -0.05) is 13.8 Å². The highest BCUT2D eigenvalue weighted by Gasteiger charge is 2.36. The number of nitrogens with zero attached hydrogens (tertiary/aromatic N) is 1.